The number of carbonyl (C=O) groups is 1. The van der Waals surface area contributed by atoms with Crippen LogP contribution in [-0.2, 0) is 26.1 Å². The first-order chi connectivity index (χ1) is 20.1. The molecule has 13 nitrogen and oxygen atoms in total. The zero-order valence-corrected chi connectivity index (χ0v) is 24.5. The fourth-order valence-electron chi connectivity index (χ4n) is 6.00. The molecule has 0 aliphatic carbocycles. The van der Waals surface area contributed by atoms with Gasteiger partial charge in [0.15, 0.2) is 0 Å². The van der Waals surface area contributed by atoms with E-state index in [2.05, 4.69) is 10.6 Å². The Morgan fingerprint density at radius 1 is 1.17 bits per heavy atom. The van der Waals surface area contributed by atoms with Gasteiger partial charge in [0.05, 0.1) is 35.1 Å². The van der Waals surface area contributed by atoms with Gasteiger partial charge in [-0.1, -0.05) is 12.1 Å². The zero-order valence-electron chi connectivity index (χ0n) is 23.7. The van der Waals surface area contributed by atoms with Gasteiger partial charge in [-0.15, -0.1) is 0 Å². The molecule has 0 saturated carbocycles. The standard InChI is InChI=1S/C28H36N6O7S/c1-40-14-6-13-33-24-9-4-3-8-23(24)30-27(33)19-7-5-12-31(16-19)28(35)21-17-32(18-22(21)29)42(38,39)26-11-10-20(34(36)37)15-25(26)41-2/h3-4,8-11,15,19,21-22H,5-7,12-14,16-18,29H2,1-2H3/t19-,21-,22-/m1/s1. The molecule has 3 atom stereocenters. The van der Waals surface area contributed by atoms with E-state index < -0.39 is 26.9 Å². The Morgan fingerprint density at radius 2 is 1.95 bits per heavy atom. The van der Waals surface area contributed by atoms with E-state index in [0.717, 1.165) is 60.9 Å². The summed E-state index contributed by atoms with van der Waals surface area (Å²) >= 11 is 0. The number of nitro groups is 1. The third-order valence-corrected chi connectivity index (χ3v) is 10.0. The number of ether oxygens (including phenoxy) is 2. The maximum absolute atomic E-state index is 13.8. The molecule has 1 amide bonds. The van der Waals surface area contributed by atoms with Crippen LogP contribution in [0.15, 0.2) is 47.4 Å². The molecule has 226 valence electrons. The fourth-order valence-corrected chi connectivity index (χ4v) is 7.64. The monoisotopic (exact) mass is 600 g/mol. The van der Waals surface area contributed by atoms with Crippen molar-refractivity contribution in [3.8, 4) is 5.75 Å². The maximum Gasteiger partial charge on any atom is 0.273 e. The number of sulfonamides is 1. The van der Waals surface area contributed by atoms with E-state index in [0.29, 0.717) is 19.7 Å². The smallest absolute Gasteiger partial charge is 0.273 e. The van der Waals surface area contributed by atoms with Crippen LogP contribution in [0.4, 0.5) is 5.69 Å². The largest absolute Gasteiger partial charge is 0.495 e. The number of para-hydroxylation sites is 2. The Bertz CT molecular complexity index is 1580. The summed E-state index contributed by atoms with van der Waals surface area (Å²) in [5.41, 5.74) is 8.04. The number of likely N-dealkylation sites (tertiary alicyclic amines) is 1. The Hall–Kier alpha value is -3.59. The summed E-state index contributed by atoms with van der Waals surface area (Å²) in [6.45, 7) is 2.28. The minimum atomic E-state index is -4.13. The van der Waals surface area contributed by atoms with Crippen LogP contribution in [0.5, 0.6) is 5.75 Å². The number of fused-ring (bicyclic) bond motifs is 1. The minimum Gasteiger partial charge on any atom is -0.495 e. The van der Waals surface area contributed by atoms with Crippen molar-refractivity contribution < 1.29 is 27.6 Å². The second kappa shape index (κ2) is 12.3. The SMILES string of the molecule is COCCCn1c([C@@H]2CCCN(C(=O)[C@@H]3CN(S(=O)(=O)c4ccc([N+](=O)[O-])cc4OC)C[C@H]3N)C2)nc2ccccc21. The Labute approximate surface area is 244 Å². The Kier molecular flexibility index (Phi) is 8.78. The molecular weight excluding hydrogens is 564 g/mol. The lowest BCUT2D eigenvalue weighted by molar-refractivity contribution is -0.385. The summed E-state index contributed by atoms with van der Waals surface area (Å²) in [4.78, 5) is 30.9. The number of nitrogens with zero attached hydrogens (tertiary/aromatic N) is 5. The van der Waals surface area contributed by atoms with Crippen LogP contribution in [0, 0.1) is 16.0 Å². The number of hydrogen-bond acceptors (Lipinski definition) is 9. The van der Waals surface area contributed by atoms with Crippen LogP contribution < -0.4 is 10.5 Å². The summed E-state index contributed by atoms with van der Waals surface area (Å²) in [6.07, 6.45) is 2.51. The van der Waals surface area contributed by atoms with Crippen molar-refractivity contribution in [3.63, 3.8) is 0 Å². The van der Waals surface area contributed by atoms with Crippen molar-refractivity contribution in [2.24, 2.45) is 11.7 Å². The summed E-state index contributed by atoms with van der Waals surface area (Å²) < 4.78 is 40.9. The molecule has 14 heteroatoms. The van der Waals surface area contributed by atoms with Crippen molar-refractivity contribution in [2.75, 3.05) is 47.0 Å². The first kappa shape index (κ1) is 29.9. The number of imidazole rings is 1. The van der Waals surface area contributed by atoms with Crippen molar-refractivity contribution in [1.29, 1.82) is 0 Å². The summed E-state index contributed by atoms with van der Waals surface area (Å²) in [5, 5.41) is 11.2. The molecule has 0 radical (unpaired) electrons. The van der Waals surface area contributed by atoms with Crippen LogP contribution in [0.2, 0.25) is 0 Å². The van der Waals surface area contributed by atoms with E-state index in [4.69, 9.17) is 20.2 Å². The van der Waals surface area contributed by atoms with E-state index in [1.807, 2.05) is 18.2 Å². The van der Waals surface area contributed by atoms with Gasteiger partial charge in [-0.25, -0.2) is 13.4 Å². The van der Waals surface area contributed by atoms with Gasteiger partial charge in [-0.2, -0.15) is 4.31 Å². The molecule has 2 saturated heterocycles. The maximum atomic E-state index is 13.8. The first-order valence-electron chi connectivity index (χ1n) is 14.0. The molecule has 2 N–H and O–H groups in total. The van der Waals surface area contributed by atoms with Gasteiger partial charge in [-0.3, -0.25) is 14.9 Å². The van der Waals surface area contributed by atoms with Gasteiger partial charge in [0.25, 0.3) is 5.69 Å². The second-order valence-electron chi connectivity index (χ2n) is 10.8. The molecule has 3 heterocycles. The number of carbonyl (C=O) groups excluding carboxylic acids is 1. The molecular formula is C28H36N6O7S. The van der Waals surface area contributed by atoms with Gasteiger partial charge in [0.1, 0.15) is 16.5 Å². The Morgan fingerprint density at radius 3 is 2.69 bits per heavy atom. The Balaban J connectivity index is 1.33. The van der Waals surface area contributed by atoms with Gasteiger partial charge in [0.2, 0.25) is 15.9 Å². The van der Waals surface area contributed by atoms with Gasteiger partial charge in [-0.05, 0) is 37.5 Å². The average molecular weight is 601 g/mol. The third-order valence-electron chi connectivity index (χ3n) is 8.14. The van der Waals surface area contributed by atoms with Crippen molar-refractivity contribution in [2.45, 2.75) is 42.7 Å². The number of aryl methyl sites for hydroxylation is 1. The molecule has 2 aliphatic rings. The lowest BCUT2D eigenvalue weighted by Gasteiger charge is -2.35. The number of benzene rings is 2. The quantitative estimate of drug-likeness (QED) is 0.209. The van der Waals surface area contributed by atoms with Crippen LogP contribution in [0.25, 0.3) is 11.0 Å². The van der Waals surface area contributed by atoms with E-state index in [9.17, 15) is 23.3 Å². The van der Waals surface area contributed by atoms with E-state index in [1.54, 1.807) is 12.0 Å². The number of methoxy groups -OCH3 is 2. The molecule has 0 bridgehead atoms. The van der Waals surface area contributed by atoms with Crippen molar-refractivity contribution in [3.05, 3.63) is 58.4 Å². The number of nitrogens with two attached hydrogens (primary N) is 1. The third kappa shape index (κ3) is 5.71. The van der Waals surface area contributed by atoms with Crippen LogP contribution in [0.3, 0.4) is 0 Å². The highest BCUT2D eigenvalue weighted by molar-refractivity contribution is 7.89. The number of non-ortho nitro benzene ring substituents is 1. The fraction of sp³-hybridized carbons (Fsp3) is 0.500. The van der Waals surface area contributed by atoms with Gasteiger partial charge >= 0.3 is 0 Å². The first-order valence-corrected chi connectivity index (χ1v) is 15.4. The van der Waals surface area contributed by atoms with Crippen molar-refractivity contribution in [1.82, 2.24) is 18.8 Å². The summed E-state index contributed by atoms with van der Waals surface area (Å²) in [6, 6.07) is 10.6. The number of nitro benzene ring substituents is 1. The zero-order chi connectivity index (χ0) is 30.0. The van der Waals surface area contributed by atoms with Gasteiger partial charge < -0.3 is 24.7 Å². The van der Waals surface area contributed by atoms with E-state index >= 15 is 0 Å². The molecule has 1 aromatic heterocycles. The second-order valence-corrected chi connectivity index (χ2v) is 12.7. The van der Waals surface area contributed by atoms with E-state index in [1.165, 1.54) is 11.4 Å². The number of rotatable bonds is 10. The highest BCUT2D eigenvalue weighted by Gasteiger charge is 2.44. The predicted molar refractivity (Wildman–Crippen MR) is 155 cm³/mol. The lowest BCUT2D eigenvalue weighted by atomic mass is 9.94. The molecule has 2 aliphatic heterocycles. The molecule has 0 unspecified atom stereocenters. The lowest BCUT2D eigenvalue weighted by Crippen LogP contribution is -2.47. The molecule has 2 fully saturated rings. The van der Waals surface area contributed by atoms with Crippen LogP contribution >= 0.6 is 0 Å². The molecule has 5 rings (SSSR count). The topological polar surface area (TPSA) is 163 Å². The molecule has 0 spiro atoms. The average Bonchev–Trinajstić information content (AvgIpc) is 3.57. The number of piperidine rings is 1. The van der Waals surface area contributed by atoms with E-state index in [-0.39, 0.29) is 41.2 Å². The number of hydrogen-bond donors (Lipinski definition) is 1. The summed E-state index contributed by atoms with van der Waals surface area (Å²) in [5.74, 6) is -0.0695. The van der Waals surface area contributed by atoms with Crippen molar-refractivity contribution >= 4 is 32.7 Å². The summed E-state index contributed by atoms with van der Waals surface area (Å²) in [7, 11) is -1.20. The minimum absolute atomic E-state index is 0.0273. The highest BCUT2D eigenvalue weighted by atomic mass is 32.2. The van der Waals surface area contributed by atoms with Gasteiger partial charge in [0, 0.05) is 64.5 Å². The molecule has 3 aromatic rings. The highest BCUT2D eigenvalue weighted by Crippen LogP contribution is 2.35. The van der Waals surface area contributed by atoms with Crippen LogP contribution in [0.1, 0.15) is 31.0 Å². The number of aromatic nitrogens is 2. The number of amides is 1. The normalized spacial score (nSPS) is 21.6. The molecule has 42 heavy (non-hydrogen) atoms. The predicted octanol–water partition coefficient (Wildman–Crippen LogP) is 2.34. The van der Waals surface area contributed by atoms with Crippen LogP contribution in [-0.4, -0.2) is 91.1 Å². The molecule has 2 aromatic carbocycles.